The first kappa shape index (κ1) is 18.9. The summed E-state index contributed by atoms with van der Waals surface area (Å²) < 4.78 is 19.7. The van der Waals surface area contributed by atoms with E-state index in [1.807, 2.05) is 30.5 Å². The Balaban J connectivity index is 1.53. The van der Waals surface area contributed by atoms with Crippen LogP contribution in [0.4, 0.5) is 10.2 Å². The number of benzene rings is 1. The third-order valence-corrected chi connectivity index (χ3v) is 6.97. The zero-order valence-corrected chi connectivity index (χ0v) is 17.5. The van der Waals surface area contributed by atoms with E-state index >= 15 is 0 Å². The quantitative estimate of drug-likeness (QED) is 0.638. The topological polar surface area (TPSA) is 41.5 Å². The van der Waals surface area contributed by atoms with Crippen molar-refractivity contribution in [3.63, 3.8) is 0 Å². The summed E-state index contributed by atoms with van der Waals surface area (Å²) >= 11 is 1.81. The van der Waals surface area contributed by atoms with Crippen LogP contribution in [0.15, 0.2) is 24.3 Å². The Hall–Kier alpha value is -2.09. The van der Waals surface area contributed by atoms with Gasteiger partial charge in [-0.05, 0) is 30.9 Å². The van der Waals surface area contributed by atoms with Gasteiger partial charge >= 0.3 is 0 Å². The zero-order valence-electron chi connectivity index (χ0n) is 16.7. The number of halogens is 1. The number of aryl methyl sites for hydroxylation is 2. The Labute approximate surface area is 174 Å². The van der Waals surface area contributed by atoms with Gasteiger partial charge in [-0.15, -0.1) is 11.3 Å². The molecule has 0 radical (unpaired) electrons. The van der Waals surface area contributed by atoms with Crippen LogP contribution < -0.4 is 4.90 Å². The number of fused-ring (bicyclic) bond motifs is 3. The van der Waals surface area contributed by atoms with Gasteiger partial charge in [0.05, 0.1) is 25.1 Å². The van der Waals surface area contributed by atoms with E-state index in [9.17, 15) is 4.39 Å². The number of nitrogens with zero attached hydrogens (tertiary/aromatic N) is 4. The van der Waals surface area contributed by atoms with Crippen molar-refractivity contribution >= 4 is 27.4 Å². The van der Waals surface area contributed by atoms with Gasteiger partial charge in [0, 0.05) is 37.1 Å². The molecular formula is C22H25FN4OS. The molecule has 3 heterocycles. The first-order valence-electron chi connectivity index (χ1n) is 10.2. The highest BCUT2D eigenvalue weighted by atomic mass is 32.1. The third-order valence-electron chi connectivity index (χ3n) is 5.79. The van der Waals surface area contributed by atoms with Crippen LogP contribution in [0.25, 0.3) is 10.2 Å². The molecule has 5 nitrogen and oxygen atoms in total. The van der Waals surface area contributed by atoms with Gasteiger partial charge in [0.2, 0.25) is 0 Å². The van der Waals surface area contributed by atoms with Crippen LogP contribution in [0, 0.1) is 5.82 Å². The van der Waals surface area contributed by atoms with Crippen molar-refractivity contribution in [1.82, 2.24) is 14.9 Å². The molecule has 3 aromatic rings. The van der Waals surface area contributed by atoms with Crippen molar-refractivity contribution in [2.75, 3.05) is 38.3 Å². The number of aromatic nitrogens is 2. The summed E-state index contributed by atoms with van der Waals surface area (Å²) in [6, 6.07) is 6.98. The monoisotopic (exact) mass is 412 g/mol. The highest BCUT2D eigenvalue weighted by Crippen LogP contribution is 2.40. The number of anilines is 1. The highest BCUT2D eigenvalue weighted by molar-refractivity contribution is 7.19. The van der Waals surface area contributed by atoms with E-state index in [0.29, 0.717) is 12.1 Å². The van der Waals surface area contributed by atoms with Gasteiger partial charge in [-0.2, -0.15) is 0 Å². The van der Waals surface area contributed by atoms with E-state index in [2.05, 4.69) is 9.80 Å². The minimum Gasteiger partial charge on any atom is -0.379 e. The van der Waals surface area contributed by atoms with Crippen molar-refractivity contribution in [2.45, 2.75) is 32.4 Å². The number of rotatable bonds is 5. The van der Waals surface area contributed by atoms with Crippen LogP contribution in [-0.2, 0) is 30.7 Å². The number of morpholine rings is 1. The maximum atomic E-state index is 14.3. The Morgan fingerprint density at radius 3 is 2.83 bits per heavy atom. The predicted octanol–water partition coefficient (Wildman–Crippen LogP) is 3.79. The van der Waals surface area contributed by atoms with E-state index in [-0.39, 0.29) is 5.82 Å². The molecule has 2 aromatic heterocycles. The van der Waals surface area contributed by atoms with E-state index in [1.54, 1.807) is 6.07 Å². The van der Waals surface area contributed by atoms with Crippen molar-refractivity contribution in [3.8, 4) is 0 Å². The SMILES string of the molecule is CN(Cc1ccccc1F)c1nc(CN2CCOCC2)nc2sc3c(c12)CCC3. The minimum atomic E-state index is -0.172. The second kappa shape index (κ2) is 7.97. The smallest absolute Gasteiger partial charge is 0.146 e. The molecule has 1 saturated heterocycles. The molecule has 29 heavy (non-hydrogen) atoms. The van der Waals surface area contributed by atoms with Gasteiger partial charge < -0.3 is 9.64 Å². The molecule has 0 atom stereocenters. The molecule has 7 heteroatoms. The van der Waals surface area contributed by atoms with Gasteiger partial charge in [-0.1, -0.05) is 18.2 Å². The molecule has 0 unspecified atom stereocenters. The van der Waals surface area contributed by atoms with Crippen molar-refractivity contribution in [3.05, 3.63) is 51.9 Å². The van der Waals surface area contributed by atoms with Gasteiger partial charge in [-0.3, -0.25) is 4.90 Å². The van der Waals surface area contributed by atoms with Crippen LogP contribution in [0.2, 0.25) is 0 Å². The van der Waals surface area contributed by atoms with Crippen LogP contribution in [-0.4, -0.2) is 48.2 Å². The molecular weight excluding hydrogens is 387 g/mol. The lowest BCUT2D eigenvalue weighted by Gasteiger charge is -2.26. The second-order valence-corrected chi connectivity index (χ2v) is 8.92. The number of hydrogen-bond acceptors (Lipinski definition) is 6. The Morgan fingerprint density at radius 1 is 1.17 bits per heavy atom. The van der Waals surface area contributed by atoms with Gasteiger partial charge in [0.15, 0.2) is 0 Å². The van der Waals surface area contributed by atoms with Crippen LogP contribution >= 0.6 is 11.3 Å². The molecule has 5 rings (SSSR count). The molecule has 0 bridgehead atoms. The van der Waals surface area contributed by atoms with E-state index < -0.39 is 0 Å². The summed E-state index contributed by atoms with van der Waals surface area (Å²) in [4.78, 5) is 16.8. The highest BCUT2D eigenvalue weighted by Gasteiger charge is 2.25. The van der Waals surface area contributed by atoms with Crippen LogP contribution in [0.5, 0.6) is 0 Å². The van der Waals surface area contributed by atoms with Crippen LogP contribution in [0.3, 0.4) is 0 Å². The van der Waals surface area contributed by atoms with Crippen molar-refractivity contribution < 1.29 is 9.13 Å². The lowest BCUT2D eigenvalue weighted by molar-refractivity contribution is 0.0331. The largest absolute Gasteiger partial charge is 0.379 e. The summed E-state index contributed by atoms with van der Waals surface area (Å²) in [7, 11) is 2.01. The molecule has 1 fully saturated rings. The molecule has 2 aliphatic rings. The zero-order chi connectivity index (χ0) is 19.8. The van der Waals surface area contributed by atoms with E-state index in [0.717, 1.165) is 62.2 Å². The maximum absolute atomic E-state index is 14.3. The molecule has 0 spiro atoms. The molecule has 0 saturated carbocycles. The number of thiophene rings is 1. The van der Waals surface area contributed by atoms with E-state index in [4.69, 9.17) is 14.7 Å². The van der Waals surface area contributed by atoms with Crippen molar-refractivity contribution in [1.29, 1.82) is 0 Å². The normalized spacial score (nSPS) is 17.0. The third kappa shape index (κ3) is 3.74. The maximum Gasteiger partial charge on any atom is 0.146 e. The summed E-state index contributed by atoms with van der Waals surface area (Å²) in [5, 5.41) is 1.17. The second-order valence-electron chi connectivity index (χ2n) is 7.84. The number of ether oxygens (including phenoxy) is 1. The van der Waals surface area contributed by atoms with Gasteiger partial charge in [-0.25, -0.2) is 14.4 Å². The van der Waals surface area contributed by atoms with Crippen molar-refractivity contribution in [2.24, 2.45) is 0 Å². The lowest BCUT2D eigenvalue weighted by Crippen LogP contribution is -2.36. The molecule has 0 amide bonds. The Kier molecular flexibility index (Phi) is 5.20. The summed E-state index contributed by atoms with van der Waals surface area (Å²) in [5.74, 6) is 1.60. The lowest BCUT2D eigenvalue weighted by atomic mass is 10.1. The molecule has 1 aromatic carbocycles. The molecule has 1 aliphatic heterocycles. The Morgan fingerprint density at radius 2 is 2.00 bits per heavy atom. The molecule has 152 valence electrons. The molecule has 1 aliphatic carbocycles. The van der Waals surface area contributed by atoms with Crippen LogP contribution in [0.1, 0.15) is 28.2 Å². The average Bonchev–Trinajstić information content (AvgIpc) is 3.31. The predicted molar refractivity (Wildman–Crippen MR) is 114 cm³/mol. The summed E-state index contributed by atoms with van der Waals surface area (Å²) in [6.07, 6.45) is 3.41. The Bertz CT molecular complexity index is 1030. The average molecular weight is 413 g/mol. The van der Waals surface area contributed by atoms with Gasteiger partial charge in [0.1, 0.15) is 22.3 Å². The number of hydrogen-bond donors (Lipinski definition) is 0. The standard InChI is InChI=1S/C22H25FN4OS/c1-26(13-15-5-2-3-7-17(15)23)21-20-16-6-4-8-18(16)29-22(20)25-19(24-21)14-27-9-11-28-12-10-27/h2-3,5,7H,4,6,8-14H2,1H3. The fourth-order valence-electron chi connectivity index (χ4n) is 4.28. The summed E-state index contributed by atoms with van der Waals surface area (Å²) in [6.45, 7) is 4.54. The first-order valence-corrected chi connectivity index (χ1v) is 11.1. The summed E-state index contributed by atoms with van der Waals surface area (Å²) in [5.41, 5.74) is 2.08. The first-order chi connectivity index (χ1) is 14.2. The minimum absolute atomic E-state index is 0.172. The molecule has 0 N–H and O–H groups in total. The fourth-order valence-corrected chi connectivity index (χ4v) is 5.56. The van der Waals surface area contributed by atoms with E-state index in [1.165, 1.54) is 28.3 Å². The van der Waals surface area contributed by atoms with Gasteiger partial charge in [0.25, 0.3) is 0 Å². The fraction of sp³-hybridized carbons (Fsp3) is 0.455.